The van der Waals surface area contributed by atoms with Crippen LogP contribution >= 0.6 is 0 Å². The molecule has 1 aliphatic rings. The summed E-state index contributed by atoms with van der Waals surface area (Å²) in [4.78, 5) is 31.6. The van der Waals surface area contributed by atoms with E-state index < -0.39 is 23.5 Å². The van der Waals surface area contributed by atoms with E-state index in [0.717, 1.165) is 0 Å². The average Bonchev–Trinajstić information content (AvgIpc) is 3.56. The maximum atomic E-state index is 13.1. The Hall–Kier alpha value is -4.07. The molecule has 0 bridgehead atoms. The molecule has 0 saturated heterocycles. The first-order valence-corrected chi connectivity index (χ1v) is 10.2. The Morgan fingerprint density at radius 3 is 2.88 bits per heavy atom. The van der Waals surface area contributed by atoms with Crippen LogP contribution in [-0.2, 0) is 16.1 Å². The molecule has 0 radical (unpaired) electrons. The number of benzene rings is 1. The third-order valence-corrected chi connectivity index (χ3v) is 5.30. The van der Waals surface area contributed by atoms with Gasteiger partial charge in [0.2, 0.25) is 0 Å². The van der Waals surface area contributed by atoms with Gasteiger partial charge in [-0.05, 0) is 48.4 Å². The van der Waals surface area contributed by atoms with Crippen molar-refractivity contribution in [1.82, 2.24) is 14.5 Å². The predicted molar refractivity (Wildman–Crippen MR) is 117 cm³/mol. The topological polar surface area (TPSA) is 97.8 Å². The van der Waals surface area contributed by atoms with Crippen molar-refractivity contribution in [3.05, 3.63) is 90.1 Å². The zero-order valence-corrected chi connectivity index (χ0v) is 17.5. The van der Waals surface area contributed by atoms with Gasteiger partial charge >= 0.3 is 0 Å². The van der Waals surface area contributed by atoms with Gasteiger partial charge < -0.3 is 23.7 Å². The summed E-state index contributed by atoms with van der Waals surface area (Å²) in [5.74, 6) is -0.472. The molecule has 32 heavy (non-hydrogen) atoms. The number of aromatic nitrogens is 2. The van der Waals surface area contributed by atoms with Gasteiger partial charge in [0.25, 0.3) is 5.91 Å². The largest absolute Gasteiger partial charge is 0.503 e. The lowest BCUT2D eigenvalue weighted by molar-refractivity contribution is -0.129. The van der Waals surface area contributed by atoms with E-state index in [9.17, 15) is 14.7 Å². The fraction of sp³-hybridized carbons (Fsp3) is 0.208. The van der Waals surface area contributed by atoms with E-state index in [1.165, 1.54) is 23.3 Å². The summed E-state index contributed by atoms with van der Waals surface area (Å²) in [6.07, 6.45) is 10.2. The molecule has 0 saturated carbocycles. The number of allylic oxidation sites excluding steroid dienone is 1. The molecule has 3 aromatic rings. The molecule has 0 fully saturated rings. The van der Waals surface area contributed by atoms with Crippen LogP contribution in [0.5, 0.6) is 5.75 Å². The van der Waals surface area contributed by atoms with E-state index in [0.29, 0.717) is 36.6 Å². The minimum Gasteiger partial charge on any atom is -0.503 e. The van der Waals surface area contributed by atoms with Crippen molar-refractivity contribution in [3.8, 4) is 5.75 Å². The molecule has 2 aromatic heterocycles. The van der Waals surface area contributed by atoms with Crippen molar-refractivity contribution in [2.24, 2.45) is 0 Å². The normalized spacial score (nSPS) is 16.3. The molecule has 4 rings (SSSR count). The fourth-order valence-electron chi connectivity index (χ4n) is 3.77. The molecule has 1 atom stereocenters. The van der Waals surface area contributed by atoms with Crippen molar-refractivity contribution in [2.75, 3.05) is 13.7 Å². The van der Waals surface area contributed by atoms with Crippen LogP contribution in [0.3, 0.4) is 0 Å². The monoisotopic (exact) mass is 433 g/mol. The standard InChI is InChI=1S/C24H23N3O5/c1-31-19-6-2-5-17(15-19)22-21(20(28)9-8-18-7-3-14-32-18)23(29)24(30)27(22)12-4-11-26-13-10-25-16-26/h2-3,5-10,13-16,22,29H,4,11-12H2,1H3/b9-8+. The maximum Gasteiger partial charge on any atom is 0.290 e. The van der Waals surface area contributed by atoms with Crippen molar-refractivity contribution in [2.45, 2.75) is 19.0 Å². The van der Waals surface area contributed by atoms with Gasteiger partial charge in [-0.3, -0.25) is 9.59 Å². The highest BCUT2D eigenvalue weighted by Gasteiger charge is 2.42. The zero-order chi connectivity index (χ0) is 22.5. The smallest absolute Gasteiger partial charge is 0.290 e. The minimum absolute atomic E-state index is 0.0358. The molecule has 8 nitrogen and oxygen atoms in total. The van der Waals surface area contributed by atoms with E-state index in [2.05, 4.69) is 4.98 Å². The van der Waals surface area contributed by atoms with E-state index in [1.807, 2.05) is 16.8 Å². The first-order chi connectivity index (χ1) is 15.6. The lowest BCUT2D eigenvalue weighted by Crippen LogP contribution is -2.32. The fourth-order valence-corrected chi connectivity index (χ4v) is 3.77. The van der Waals surface area contributed by atoms with Crippen LogP contribution in [0.2, 0.25) is 0 Å². The lowest BCUT2D eigenvalue weighted by atomic mass is 9.95. The van der Waals surface area contributed by atoms with Crippen LogP contribution < -0.4 is 4.74 Å². The second kappa shape index (κ2) is 9.38. The van der Waals surface area contributed by atoms with E-state index in [1.54, 1.807) is 50.0 Å². The molecule has 1 aromatic carbocycles. The number of hydrogen-bond donors (Lipinski definition) is 1. The van der Waals surface area contributed by atoms with Crippen LogP contribution in [0.25, 0.3) is 6.08 Å². The third kappa shape index (κ3) is 4.34. The lowest BCUT2D eigenvalue weighted by Gasteiger charge is -2.27. The number of methoxy groups -OCH3 is 1. The Morgan fingerprint density at radius 1 is 1.28 bits per heavy atom. The summed E-state index contributed by atoms with van der Waals surface area (Å²) in [6.45, 7) is 0.999. The number of hydrogen-bond acceptors (Lipinski definition) is 6. The maximum absolute atomic E-state index is 13.1. The van der Waals surface area contributed by atoms with Crippen molar-refractivity contribution < 1.29 is 23.8 Å². The molecule has 1 aliphatic heterocycles. The Bertz CT molecular complexity index is 1150. The van der Waals surface area contributed by atoms with Gasteiger partial charge in [0.15, 0.2) is 11.5 Å². The van der Waals surface area contributed by atoms with Crippen molar-refractivity contribution >= 4 is 17.8 Å². The highest BCUT2D eigenvalue weighted by Crippen LogP contribution is 2.39. The summed E-state index contributed by atoms with van der Waals surface area (Å²) in [5, 5.41) is 10.7. The van der Waals surface area contributed by atoms with Crippen LogP contribution in [0.1, 0.15) is 23.8 Å². The predicted octanol–water partition coefficient (Wildman–Crippen LogP) is 3.55. The number of aliphatic hydroxyl groups is 1. The number of furan rings is 1. The molecule has 1 unspecified atom stereocenters. The number of carbonyl (C=O) groups is 2. The third-order valence-electron chi connectivity index (χ3n) is 5.30. The number of nitrogens with zero attached hydrogens (tertiary/aromatic N) is 3. The van der Waals surface area contributed by atoms with Gasteiger partial charge in [0.1, 0.15) is 11.5 Å². The Kier molecular flexibility index (Phi) is 6.21. The summed E-state index contributed by atoms with van der Waals surface area (Å²) < 4.78 is 12.5. The van der Waals surface area contributed by atoms with Crippen molar-refractivity contribution in [1.29, 1.82) is 0 Å². The van der Waals surface area contributed by atoms with E-state index in [4.69, 9.17) is 9.15 Å². The number of imidazole rings is 1. The summed E-state index contributed by atoms with van der Waals surface area (Å²) in [7, 11) is 1.55. The van der Waals surface area contributed by atoms with Gasteiger partial charge in [-0.15, -0.1) is 0 Å². The molecule has 3 heterocycles. The van der Waals surface area contributed by atoms with Crippen LogP contribution in [-0.4, -0.2) is 44.9 Å². The molecule has 1 amide bonds. The summed E-state index contributed by atoms with van der Waals surface area (Å²) in [6, 6.07) is 9.84. The van der Waals surface area contributed by atoms with Gasteiger partial charge in [-0.25, -0.2) is 4.98 Å². The Morgan fingerprint density at radius 2 is 2.16 bits per heavy atom. The second-order valence-corrected chi connectivity index (χ2v) is 7.31. The molecule has 8 heteroatoms. The summed E-state index contributed by atoms with van der Waals surface area (Å²) in [5.41, 5.74) is 0.716. The highest BCUT2D eigenvalue weighted by atomic mass is 16.5. The molecule has 0 spiro atoms. The zero-order valence-electron chi connectivity index (χ0n) is 17.5. The Balaban J connectivity index is 1.64. The second-order valence-electron chi connectivity index (χ2n) is 7.31. The van der Waals surface area contributed by atoms with E-state index >= 15 is 0 Å². The number of rotatable bonds is 9. The number of amides is 1. The minimum atomic E-state index is -0.728. The first kappa shape index (κ1) is 21.2. The number of ether oxygens (including phenoxy) is 1. The number of carbonyl (C=O) groups excluding carboxylic acids is 2. The van der Waals surface area contributed by atoms with Crippen LogP contribution in [0.15, 0.2) is 83.2 Å². The highest BCUT2D eigenvalue weighted by molar-refractivity contribution is 6.14. The SMILES string of the molecule is COc1cccc(C2C(C(=O)/C=C/c3ccco3)=C(O)C(=O)N2CCCn2ccnc2)c1. The molecule has 164 valence electrons. The molecular formula is C24H23N3O5. The van der Waals surface area contributed by atoms with Gasteiger partial charge in [-0.2, -0.15) is 0 Å². The Labute approximate surface area is 185 Å². The van der Waals surface area contributed by atoms with Gasteiger partial charge in [0.05, 0.1) is 31.3 Å². The molecule has 0 aliphatic carbocycles. The number of aliphatic hydroxyl groups excluding tert-OH is 1. The molecule has 1 N–H and O–H groups in total. The van der Waals surface area contributed by atoms with Crippen LogP contribution in [0, 0.1) is 0 Å². The van der Waals surface area contributed by atoms with E-state index in [-0.39, 0.29) is 5.57 Å². The number of aryl methyl sites for hydroxylation is 1. The van der Waals surface area contributed by atoms with Gasteiger partial charge in [-0.1, -0.05) is 12.1 Å². The first-order valence-electron chi connectivity index (χ1n) is 10.2. The van der Waals surface area contributed by atoms with Crippen molar-refractivity contribution in [3.63, 3.8) is 0 Å². The number of ketones is 1. The quantitative estimate of drug-likeness (QED) is 0.518. The van der Waals surface area contributed by atoms with Gasteiger partial charge in [0, 0.05) is 25.5 Å². The molecular weight excluding hydrogens is 410 g/mol. The van der Waals surface area contributed by atoms with Crippen LogP contribution in [0.4, 0.5) is 0 Å². The average molecular weight is 433 g/mol. The summed E-state index contributed by atoms with van der Waals surface area (Å²) >= 11 is 0.